The van der Waals surface area contributed by atoms with Gasteiger partial charge in [0, 0.05) is 13.0 Å². The molecule has 0 aliphatic heterocycles. The SMILES string of the molecule is CCOc1cc(CCCNC(=O)CCCN)ccc1OC. The fourth-order valence-corrected chi connectivity index (χ4v) is 2.02. The van der Waals surface area contributed by atoms with Crippen LogP contribution in [0.1, 0.15) is 31.7 Å². The highest BCUT2D eigenvalue weighted by atomic mass is 16.5. The molecule has 0 aliphatic rings. The first-order chi connectivity index (χ1) is 10.2. The van der Waals surface area contributed by atoms with Gasteiger partial charge in [-0.2, -0.15) is 0 Å². The summed E-state index contributed by atoms with van der Waals surface area (Å²) in [5.41, 5.74) is 6.54. The normalized spacial score (nSPS) is 10.2. The van der Waals surface area contributed by atoms with Gasteiger partial charge in [-0.3, -0.25) is 4.79 Å². The van der Waals surface area contributed by atoms with Crippen LogP contribution in [0.2, 0.25) is 0 Å². The van der Waals surface area contributed by atoms with E-state index in [2.05, 4.69) is 5.32 Å². The van der Waals surface area contributed by atoms with Gasteiger partial charge in [-0.05, 0) is 50.4 Å². The Morgan fingerprint density at radius 2 is 2.10 bits per heavy atom. The van der Waals surface area contributed by atoms with Crippen molar-refractivity contribution in [3.8, 4) is 11.5 Å². The van der Waals surface area contributed by atoms with Gasteiger partial charge < -0.3 is 20.5 Å². The number of carbonyl (C=O) groups excluding carboxylic acids is 1. The molecule has 5 heteroatoms. The second kappa shape index (κ2) is 10.0. The summed E-state index contributed by atoms with van der Waals surface area (Å²) >= 11 is 0. The maximum Gasteiger partial charge on any atom is 0.220 e. The molecule has 5 nitrogen and oxygen atoms in total. The molecule has 21 heavy (non-hydrogen) atoms. The smallest absolute Gasteiger partial charge is 0.220 e. The molecule has 0 heterocycles. The highest BCUT2D eigenvalue weighted by Gasteiger charge is 2.05. The van der Waals surface area contributed by atoms with Crippen LogP contribution in [-0.4, -0.2) is 32.7 Å². The molecule has 0 radical (unpaired) electrons. The molecule has 1 aromatic rings. The van der Waals surface area contributed by atoms with Crippen LogP contribution in [0.3, 0.4) is 0 Å². The largest absolute Gasteiger partial charge is 0.493 e. The van der Waals surface area contributed by atoms with Gasteiger partial charge in [0.1, 0.15) is 0 Å². The molecule has 0 bridgehead atoms. The van der Waals surface area contributed by atoms with E-state index in [4.69, 9.17) is 15.2 Å². The van der Waals surface area contributed by atoms with Crippen molar-refractivity contribution in [2.24, 2.45) is 5.73 Å². The van der Waals surface area contributed by atoms with Crippen molar-refractivity contribution < 1.29 is 14.3 Å². The minimum Gasteiger partial charge on any atom is -0.493 e. The highest BCUT2D eigenvalue weighted by molar-refractivity contribution is 5.75. The predicted octanol–water partition coefficient (Wildman–Crippen LogP) is 1.88. The number of rotatable bonds is 10. The zero-order valence-electron chi connectivity index (χ0n) is 13.0. The molecule has 0 atom stereocenters. The fourth-order valence-electron chi connectivity index (χ4n) is 2.02. The number of carbonyl (C=O) groups is 1. The summed E-state index contributed by atoms with van der Waals surface area (Å²) < 4.78 is 10.8. The van der Waals surface area contributed by atoms with Gasteiger partial charge in [0.05, 0.1) is 13.7 Å². The van der Waals surface area contributed by atoms with Crippen molar-refractivity contribution in [1.82, 2.24) is 5.32 Å². The van der Waals surface area contributed by atoms with Crippen molar-refractivity contribution in [2.45, 2.75) is 32.6 Å². The number of aryl methyl sites for hydroxylation is 1. The minimum atomic E-state index is 0.0742. The van der Waals surface area contributed by atoms with Crippen molar-refractivity contribution in [2.75, 3.05) is 26.8 Å². The molecule has 0 fully saturated rings. The Labute approximate surface area is 126 Å². The van der Waals surface area contributed by atoms with Crippen LogP contribution < -0.4 is 20.5 Å². The van der Waals surface area contributed by atoms with Crippen LogP contribution in [0, 0.1) is 0 Å². The van der Waals surface area contributed by atoms with E-state index >= 15 is 0 Å². The number of nitrogens with two attached hydrogens (primary N) is 1. The van der Waals surface area contributed by atoms with Gasteiger partial charge in [-0.15, -0.1) is 0 Å². The summed E-state index contributed by atoms with van der Waals surface area (Å²) in [5, 5.41) is 2.90. The van der Waals surface area contributed by atoms with E-state index < -0.39 is 0 Å². The fraction of sp³-hybridized carbons (Fsp3) is 0.562. The molecule has 1 rings (SSSR count). The quantitative estimate of drug-likeness (QED) is 0.646. The van der Waals surface area contributed by atoms with Gasteiger partial charge >= 0.3 is 0 Å². The molecule has 0 saturated heterocycles. The summed E-state index contributed by atoms with van der Waals surface area (Å²) in [6.45, 7) is 3.79. The number of methoxy groups -OCH3 is 1. The van der Waals surface area contributed by atoms with E-state index in [1.807, 2.05) is 25.1 Å². The summed E-state index contributed by atoms with van der Waals surface area (Å²) in [4.78, 5) is 11.4. The Morgan fingerprint density at radius 3 is 2.76 bits per heavy atom. The Bertz CT molecular complexity index is 436. The Hall–Kier alpha value is -1.75. The van der Waals surface area contributed by atoms with Crippen LogP contribution in [0.25, 0.3) is 0 Å². The summed E-state index contributed by atoms with van der Waals surface area (Å²) in [5.74, 6) is 1.59. The number of nitrogens with one attached hydrogen (secondary N) is 1. The van der Waals surface area contributed by atoms with E-state index in [1.165, 1.54) is 5.56 Å². The molecule has 3 N–H and O–H groups in total. The number of benzene rings is 1. The third-order valence-electron chi connectivity index (χ3n) is 3.10. The summed E-state index contributed by atoms with van der Waals surface area (Å²) in [6, 6.07) is 5.94. The van der Waals surface area contributed by atoms with Crippen molar-refractivity contribution in [1.29, 1.82) is 0 Å². The van der Waals surface area contributed by atoms with Gasteiger partial charge in [0.25, 0.3) is 0 Å². The first-order valence-electron chi connectivity index (χ1n) is 7.47. The molecule has 118 valence electrons. The van der Waals surface area contributed by atoms with E-state index in [-0.39, 0.29) is 5.91 Å². The average molecular weight is 294 g/mol. The van der Waals surface area contributed by atoms with Gasteiger partial charge in [-0.1, -0.05) is 6.07 Å². The van der Waals surface area contributed by atoms with Crippen LogP contribution in [-0.2, 0) is 11.2 Å². The van der Waals surface area contributed by atoms with E-state index in [0.717, 1.165) is 30.8 Å². The summed E-state index contributed by atoms with van der Waals surface area (Å²) in [6.07, 6.45) is 3.03. The topological polar surface area (TPSA) is 73.6 Å². The van der Waals surface area contributed by atoms with Crippen LogP contribution in [0.15, 0.2) is 18.2 Å². The summed E-state index contributed by atoms with van der Waals surface area (Å²) in [7, 11) is 1.63. The lowest BCUT2D eigenvalue weighted by Crippen LogP contribution is -2.25. The number of ether oxygens (including phenoxy) is 2. The molecule has 0 aromatic heterocycles. The van der Waals surface area contributed by atoms with Crippen molar-refractivity contribution in [3.63, 3.8) is 0 Å². The molecular formula is C16H26N2O3. The van der Waals surface area contributed by atoms with Crippen molar-refractivity contribution in [3.05, 3.63) is 23.8 Å². The number of amides is 1. The van der Waals surface area contributed by atoms with Gasteiger partial charge in [-0.25, -0.2) is 0 Å². The third kappa shape index (κ3) is 6.49. The van der Waals surface area contributed by atoms with E-state index in [0.29, 0.717) is 26.1 Å². The second-order valence-electron chi connectivity index (χ2n) is 4.76. The standard InChI is InChI=1S/C16H26N2O3/c1-3-21-15-12-13(8-9-14(15)20-2)6-5-11-18-16(19)7-4-10-17/h8-9,12H,3-7,10-11,17H2,1-2H3,(H,18,19). The Morgan fingerprint density at radius 1 is 1.29 bits per heavy atom. The minimum absolute atomic E-state index is 0.0742. The maximum atomic E-state index is 11.4. The molecular weight excluding hydrogens is 268 g/mol. The zero-order chi connectivity index (χ0) is 15.5. The van der Waals surface area contributed by atoms with Crippen molar-refractivity contribution >= 4 is 5.91 Å². The molecule has 1 aromatic carbocycles. The van der Waals surface area contributed by atoms with Gasteiger partial charge in [0.2, 0.25) is 5.91 Å². The average Bonchev–Trinajstić information content (AvgIpc) is 2.50. The molecule has 1 amide bonds. The monoisotopic (exact) mass is 294 g/mol. The lowest BCUT2D eigenvalue weighted by molar-refractivity contribution is -0.121. The molecule has 0 unspecified atom stereocenters. The molecule has 0 spiro atoms. The second-order valence-corrected chi connectivity index (χ2v) is 4.76. The predicted molar refractivity (Wildman–Crippen MR) is 83.8 cm³/mol. The van der Waals surface area contributed by atoms with E-state index in [1.54, 1.807) is 7.11 Å². The Balaban J connectivity index is 2.38. The van der Waals surface area contributed by atoms with E-state index in [9.17, 15) is 4.79 Å². The first-order valence-corrected chi connectivity index (χ1v) is 7.47. The maximum absolute atomic E-state index is 11.4. The number of hydrogen-bond donors (Lipinski definition) is 2. The Kier molecular flexibility index (Phi) is 8.28. The lowest BCUT2D eigenvalue weighted by atomic mass is 10.1. The van der Waals surface area contributed by atoms with Crippen LogP contribution >= 0.6 is 0 Å². The zero-order valence-corrected chi connectivity index (χ0v) is 13.0. The third-order valence-corrected chi connectivity index (χ3v) is 3.10. The van der Waals surface area contributed by atoms with Crippen LogP contribution in [0.5, 0.6) is 11.5 Å². The van der Waals surface area contributed by atoms with Crippen LogP contribution in [0.4, 0.5) is 0 Å². The number of hydrogen-bond acceptors (Lipinski definition) is 4. The molecule has 0 aliphatic carbocycles. The first kappa shape index (κ1) is 17.3. The molecule has 0 saturated carbocycles. The highest BCUT2D eigenvalue weighted by Crippen LogP contribution is 2.28. The lowest BCUT2D eigenvalue weighted by Gasteiger charge is -2.11. The van der Waals surface area contributed by atoms with Gasteiger partial charge in [0.15, 0.2) is 11.5 Å².